The first-order valence-corrected chi connectivity index (χ1v) is 7.57. The Balaban J connectivity index is 2.49. The van der Waals surface area contributed by atoms with Gasteiger partial charge in [0.25, 0.3) is 0 Å². The number of nitrogens with zero attached hydrogens (tertiary/aromatic N) is 1. The summed E-state index contributed by atoms with van der Waals surface area (Å²) in [4.78, 5) is 2.62. The lowest BCUT2D eigenvalue weighted by Gasteiger charge is -2.39. The van der Waals surface area contributed by atoms with Gasteiger partial charge in [0, 0.05) is 31.2 Å². The summed E-state index contributed by atoms with van der Waals surface area (Å²) in [5.41, 5.74) is 0.211. The summed E-state index contributed by atoms with van der Waals surface area (Å²) < 4.78 is 5.77. The molecule has 0 aliphatic carbocycles. The van der Waals surface area contributed by atoms with Gasteiger partial charge in [-0.25, -0.2) is 0 Å². The topological polar surface area (TPSA) is 24.5 Å². The third kappa shape index (κ3) is 5.68. The Hall–Kier alpha value is -0.120. The van der Waals surface area contributed by atoms with Crippen LogP contribution in [0, 0.1) is 0 Å². The number of hydrogen-bond donors (Lipinski definition) is 1. The lowest BCUT2D eigenvalue weighted by Crippen LogP contribution is -2.53. The van der Waals surface area contributed by atoms with Crippen LogP contribution in [0.15, 0.2) is 0 Å². The van der Waals surface area contributed by atoms with Crippen LogP contribution in [0.4, 0.5) is 0 Å². The van der Waals surface area contributed by atoms with Gasteiger partial charge in [0.05, 0.1) is 12.7 Å². The highest BCUT2D eigenvalue weighted by Gasteiger charge is 2.25. The molecule has 2 atom stereocenters. The van der Waals surface area contributed by atoms with Gasteiger partial charge >= 0.3 is 0 Å². The molecule has 1 saturated heterocycles. The Morgan fingerprint density at radius 3 is 2.61 bits per heavy atom. The Bertz CT molecular complexity index is 225. The molecule has 1 heterocycles. The molecule has 0 aromatic rings. The average Bonchev–Trinajstić information content (AvgIpc) is 2.33. The molecular weight excluding hydrogens is 224 g/mol. The van der Waals surface area contributed by atoms with Crippen LogP contribution in [0.3, 0.4) is 0 Å². The van der Waals surface area contributed by atoms with E-state index >= 15 is 0 Å². The lowest BCUT2D eigenvalue weighted by molar-refractivity contribution is -0.0458. The summed E-state index contributed by atoms with van der Waals surface area (Å²) in [6, 6.07) is 0.659. The van der Waals surface area contributed by atoms with Crippen molar-refractivity contribution in [2.75, 3.05) is 26.2 Å². The highest BCUT2D eigenvalue weighted by atomic mass is 16.5. The molecule has 0 radical (unpaired) electrons. The molecule has 1 fully saturated rings. The number of nitrogens with one attached hydrogen (secondary N) is 1. The zero-order valence-corrected chi connectivity index (χ0v) is 13.0. The Kier molecular flexibility index (Phi) is 6.61. The van der Waals surface area contributed by atoms with E-state index in [0.29, 0.717) is 12.1 Å². The maximum Gasteiger partial charge on any atom is 0.0700 e. The molecule has 3 heteroatoms. The quantitative estimate of drug-likeness (QED) is 0.791. The van der Waals surface area contributed by atoms with Crippen LogP contribution in [-0.4, -0.2) is 48.8 Å². The van der Waals surface area contributed by atoms with Crippen LogP contribution in [-0.2, 0) is 4.74 Å². The zero-order valence-electron chi connectivity index (χ0n) is 13.0. The van der Waals surface area contributed by atoms with E-state index in [4.69, 9.17) is 4.74 Å². The molecule has 3 nitrogen and oxygen atoms in total. The highest BCUT2D eigenvalue weighted by Crippen LogP contribution is 2.15. The van der Waals surface area contributed by atoms with Crippen LogP contribution >= 0.6 is 0 Å². The minimum absolute atomic E-state index is 0.211. The van der Waals surface area contributed by atoms with Gasteiger partial charge in [-0.2, -0.15) is 0 Å². The molecule has 108 valence electrons. The van der Waals surface area contributed by atoms with E-state index in [9.17, 15) is 0 Å². The van der Waals surface area contributed by atoms with E-state index < -0.39 is 0 Å². The summed E-state index contributed by atoms with van der Waals surface area (Å²) in [6.45, 7) is 15.4. The van der Waals surface area contributed by atoms with E-state index in [1.54, 1.807) is 0 Å². The summed E-state index contributed by atoms with van der Waals surface area (Å²) in [6.07, 6.45) is 4.10. The van der Waals surface area contributed by atoms with Crippen molar-refractivity contribution in [3.8, 4) is 0 Å². The second-order valence-electron chi connectivity index (χ2n) is 6.47. The van der Waals surface area contributed by atoms with Crippen molar-refractivity contribution in [1.82, 2.24) is 10.2 Å². The molecule has 0 amide bonds. The minimum Gasteiger partial charge on any atom is -0.376 e. The summed E-state index contributed by atoms with van der Waals surface area (Å²) >= 11 is 0. The maximum atomic E-state index is 5.77. The second-order valence-corrected chi connectivity index (χ2v) is 6.47. The molecule has 0 saturated carbocycles. The SMILES string of the molecule is CCCC(CNC(C)(C)C)N1CCOC(CC)C1. The number of morpholine rings is 1. The maximum absolute atomic E-state index is 5.77. The molecule has 1 rings (SSSR count). The monoisotopic (exact) mass is 256 g/mol. The molecule has 18 heavy (non-hydrogen) atoms. The van der Waals surface area contributed by atoms with Crippen LogP contribution in [0.1, 0.15) is 53.9 Å². The normalized spacial score (nSPS) is 24.2. The van der Waals surface area contributed by atoms with E-state index in [-0.39, 0.29) is 5.54 Å². The zero-order chi connectivity index (χ0) is 13.6. The fourth-order valence-corrected chi connectivity index (χ4v) is 2.49. The minimum atomic E-state index is 0.211. The smallest absolute Gasteiger partial charge is 0.0700 e. The van der Waals surface area contributed by atoms with Gasteiger partial charge in [-0.3, -0.25) is 4.90 Å². The standard InChI is InChI=1S/C15H32N2O/c1-6-8-13(11-16-15(3,4)5)17-9-10-18-14(7-2)12-17/h13-14,16H,6-12H2,1-5H3. The van der Waals surface area contributed by atoms with Gasteiger partial charge in [0.1, 0.15) is 0 Å². The molecule has 0 aromatic heterocycles. The van der Waals surface area contributed by atoms with Gasteiger partial charge in [-0.1, -0.05) is 20.3 Å². The van der Waals surface area contributed by atoms with Crippen LogP contribution in [0.25, 0.3) is 0 Å². The van der Waals surface area contributed by atoms with Crippen molar-refractivity contribution in [3.05, 3.63) is 0 Å². The molecule has 1 aliphatic heterocycles. The molecular formula is C15H32N2O. The van der Waals surface area contributed by atoms with Gasteiger partial charge < -0.3 is 10.1 Å². The highest BCUT2D eigenvalue weighted by molar-refractivity contribution is 4.82. The molecule has 2 unspecified atom stereocenters. The van der Waals surface area contributed by atoms with Crippen molar-refractivity contribution in [2.24, 2.45) is 0 Å². The summed E-state index contributed by atoms with van der Waals surface area (Å²) in [5, 5.41) is 3.65. The van der Waals surface area contributed by atoms with Crippen LogP contribution < -0.4 is 5.32 Å². The van der Waals surface area contributed by atoms with Gasteiger partial charge in [-0.05, 0) is 33.6 Å². The number of ether oxygens (including phenoxy) is 1. The van der Waals surface area contributed by atoms with Crippen molar-refractivity contribution in [1.29, 1.82) is 0 Å². The van der Waals surface area contributed by atoms with Gasteiger partial charge in [0.15, 0.2) is 0 Å². The van der Waals surface area contributed by atoms with E-state index in [1.807, 2.05) is 0 Å². The average molecular weight is 256 g/mol. The van der Waals surface area contributed by atoms with E-state index in [2.05, 4.69) is 44.8 Å². The number of rotatable bonds is 6. The lowest BCUT2D eigenvalue weighted by atomic mass is 10.0. The first kappa shape index (κ1) is 15.9. The van der Waals surface area contributed by atoms with E-state index in [0.717, 1.165) is 32.7 Å². The largest absolute Gasteiger partial charge is 0.376 e. The fourth-order valence-electron chi connectivity index (χ4n) is 2.49. The Morgan fingerprint density at radius 1 is 1.33 bits per heavy atom. The third-order valence-electron chi connectivity index (χ3n) is 3.63. The third-order valence-corrected chi connectivity index (χ3v) is 3.63. The predicted octanol–water partition coefficient (Wildman–Crippen LogP) is 2.65. The molecule has 0 spiro atoms. The van der Waals surface area contributed by atoms with Crippen molar-refractivity contribution in [3.63, 3.8) is 0 Å². The molecule has 1 N–H and O–H groups in total. The summed E-state index contributed by atoms with van der Waals surface area (Å²) in [5.74, 6) is 0. The van der Waals surface area contributed by atoms with E-state index in [1.165, 1.54) is 12.8 Å². The van der Waals surface area contributed by atoms with Crippen molar-refractivity contribution < 1.29 is 4.74 Å². The first-order chi connectivity index (χ1) is 8.46. The predicted molar refractivity (Wildman–Crippen MR) is 78.1 cm³/mol. The fraction of sp³-hybridized carbons (Fsp3) is 1.00. The van der Waals surface area contributed by atoms with Crippen LogP contribution in [0.2, 0.25) is 0 Å². The molecule has 0 aromatic carbocycles. The number of hydrogen-bond acceptors (Lipinski definition) is 3. The summed E-state index contributed by atoms with van der Waals surface area (Å²) in [7, 11) is 0. The second kappa shape index (κ2) is 7.46. The Labute approximate surface area is 113 Å². The van der Waals surface area contributed by atoms with Crippen LogP contribution in [0.5, 0.6) is 0 Å². The van der Waals surface area contributed by atoms with Gasteiger partial charge in [-0.15, -0.1) is 0 Å². The molecule has 1 aliphatic rings. The van der Waals surface area contributed by atoms with Gasteiger partial charge in [0.2, 0.25) is 0 Å². The van der Waals surface area contributed by atoms with Crippen molar-refractivity contribution in [2.45, 2.75) is 71.6 Å². The van der Waals surface area contributed by atoms with Crippen molar-refractivity contribution >= 4 is 0 Å². The molecule has 0 bridgehead atoms. The first-order valence-electron chi connectivity index (χ1n) is 7.57. The Morgan fingerprint density at radius 2 is 2.06 bits per heavy atom.